The lowest BCUT2D eigenvalue weighted by Gasteiger charge is -2.33. The van der Waals surface area contributed by atoms with Crippen LogP contribution in [0.3, 0.4) is 0 Å². The van der Waals surface area contributed by atoms with E-state index in [0.717, 1.165) is 5.56 Å². The predicted molar refractivity (Wildman–Crippen MR) is 91.8 cm³/mol. The van der Waals surface area contributed by atoms with E-state index in [1.807, 2.05) is 6.92 Å². The van der Waals surface area contributed by atoms with Crippen molar-refractivity contribution in [3.05, 3.63) is 52.6 Å². The molecule has 25 heavy (non-hydrogen) atoms. The Hall–Kier alpha value is -3.07. The first-order chi connectivity index (χ1) is 11.9. The average molecular weight is 337 g/mol. The van der Waals surface area contributed by atoms with Gasteiger partial charge in [0.1, 0.15) is 17.4 Å². The van der Waals surface area contributed by atoms with E-state index in [2.05, 4.69) is 11.4 Å². The van der Waals surface area contributed by atoms with E-state index in [0.29, 0.717) is 29.9 Å². The van der Waals surface area contributed by atoms with Crippen LogP contribution in [0.15, 0.2) is 47.1 Å². The number of ketones is 1. The molecule has 0 aromatic heterocycles. The molecular weight excluding hydrogens is 318 g/mol. The van der Waals surface area contributed by atoms with Gasteiger partial charge in [-0.25, -0.2) is 0 Å². The molecule has 0 bridgehead atoms. The van der Waals surface area contributed by atoms with Crippen molar-refractivity contribution in [1.82, 2.24) is 0 Å². The Bertz CT molecular complexity index is 844. The van der Waals surface area contributed by atoms with E-state index < -0.39 is 5.92 Å². The minimum Gasteiger partial charge on any atom is -0.444 e. The summed E-state index contributed by atoms with van der Waals surface area (Å²) < 4.78 is 5.60. The molecule has 6 heteroatoms. The standard InChI is InChI=1S/C19H19N3O3/c1-10-7-15(24)18-16(8-10)25-19(21)14(9-20)17(18)12-3-5-13(6-4-12)22-11(2)23/h3-6,10,17H,7-8,21H2,1-2H3,(H,22,23)/t10-,17-/m1/s1. The van der Waals surface area contributed by atoms with Crippen LogP contribution < -0.4 is 11.1 Å². The third-order valence-electron chi connectivity index (χ3n) is 4.43. The van der Waals surface area contributed by atoms with E-state index >= 15 is 0 Å². The number of benzene rings is 1. The van der Waals surface area contributed by atoms with Gasteiger partial charge in [0.2, 0.25) is 11.8 Å². The van der Waals surface area contributed by atoms with Gasteiger partial charge in [0, 0.05) is 31.0 Å². The Morgan fingerprint density at radius 2 is 2.00 bits per heavy atom. The van der Waals surface area contributed by atoms with E-state index in [1.165, 1.54) is 6.92 Å². The third-order valence-corrected chi connectivity index (χ3v) is 4.43. The van der Waals surface area contributed by atoms with Crippen molar-refractivity contribution >= 4 is 17.4 Å². The predicted octanol–water partition coefficient (Wildman–Crippen LogP) is 2.71. The fourth-order valence-electron chi connectivity index (χ4n) is 3.39. The highest BCUT2D eigenvalue weighted by Gasteiger charge is 2.39. The minimum absolute atomic E-state index is 0.00932. The SMILES string of the molecule is CC(=O)Nc1ccc([C@@H]2C(C#N)=C(N)OC3=C2C(=O)C[C@@H](C)C3)cc1. The number of Topliss-reactive ketones (excluding diaryl/α,β-unsaturated/α-hetero) is 1. The molecule has 128 valence electrons. The quantitative estimate of drug-likeness (QED) is 0.863. The Morgan fingerprint density at radius 3 is 2.60 bits per heavy atom. The number of carbonyl (C=O) groups excluding carboxylic acids is 2. The maximum Gasteiger partial charge on any atom is 0.221 e. The molecule has 2 aliphatic rings. The zero-order chi connectivity index (χ0) is 18.1. The molecule has 1 amide bonds. The van der Waals surface area contributed by atoms with Crippen LogP contribution in [0.5, 0.6) is 0 Å². The van der Waals surface area contributed by atoms with Crippen LogP contribution in [0.4, 0.5) is 5.69 Å². The van der Waals surface area contributed by atoms with Crippen LogP contribution >= 0.6 is 0 Å². The van der Waals surface area contributed by atoms with Crippen molar-refractivity contribution in [3.63, 3.8) is 0 Å². The van der Waals surface area contributed by atoms with Gasteiger partial charge in [-0.15, -0.1) is 0 Å². The summed E-state index contributed by atoms with van der Waals surface area (Å²) in [5.74, 6) is 0.105. The molecule has 0 saturated heterocycles. The first-order valence-electron chi connectivity index (χ1n) is 8.12. The molecule has 1 aromatic rings. The Morgan fingerprint density at radius 1 is 1.32 bits per heavy atom. The summed E-state index contributed by atoms with van der Waals surface area (Å²) in [6.45, 7) is 3.42. The van der Waals surface area contributed by atoms with Crippen LogP contribution in [0.1, 0.15) is 38.2 Å². The molecule has 1 aromatic carbocycles. The molecule has 0 saturated carbocycles. The number of carbonyl (C=O) groups is 2. The van der Waals surface area contributed by atoms with Crippen LogP contribution in [-0.2, 0) is 14.3 Å². The number of allylic oxidation sites excluding steroid dienone is 3. The van der Waals surface area contributed by atoms with Gasteiger partial charge in [0.25, 0.3) is 0 Å². The van der Waals surface area contributed by atoms with E-state index in [9.17, 15) is 14.9 Å². The Balaban J connectivity index is 2.06. The first kappa shape index (κ1) is 16.8. The average Bonchev–Trinajstić information content (AvgIpc) is 2.53. The van der Waals surface area contributed by atoms with E-state index in [-0.39, 0.29) is 29.1 Å². The second-order valence-corrected chi connectivity index (χ2v) is 6.50. The van der Waals surface area contributed by atoms with Crippen LogP contribution in [0.2, 0.25) is 0 Å². The lowest BCUT2D eigenvalue weighted by molar-refractivity contribution is -0.117. The Labute approximate surface area is 146 Å². The first-order valence-corrected chi connectivity index (χ1v) is 8.12. The summed E-state index contributed by atoms with van der Waals surface area (Å²) in [5.41, 5.74) is 8.13. The minimum atomic E-state index is -0.528. The van der Waals surface area contributed by atoms with Crippen LogP contribution in [0.25, 0.3) is 0 Å². The van der Waals surface area contributed by atoms with Crippen molar-refractivity contribution < 1.29 is 14.3 Å². The number of rotatable bonds is 2. The smallest absolute Gasteiger partial charge is 0.221 e. The van der Waals surface area contributed by atoms with Crippen LogP contribution in [-0.4, -0.2) is 11.7 Å². The molecule has 0 fully saturated rings. The van der Waals surface area contributed by atoms with Gasteiger partial charge in [0.15, 0.2) is 5.78 Å². The summed E-state index contributed by atoms with van der Waals surface area (Å²) in [4.78, 5) is 23.8. The van der Waals surface area contributed by atoms with Gasteiger partial charge < -0.3 is 15.8 Å². The summed E-state index contributed by atoms with van der Waals surface area (Å²) in [7, 11) is 0. The Kier molecular flexibility index (Phi) is 4.32. The fourth-order valence-corrected chi connectivity index (χ4v) is 3.39. The van der Waals surface area contributed by atoms with Crippen molar-refractivity contribution in [2.75, 3.05) is 5.32 Å². The number of nitriles is 1. The second-order valence-electron chi connectivity index (χ2n) is 6.50. The number of nitrogens with one attached hydrogen (secondary N) is 1. The number of nitrogens with zero attached hydrogens (tertiary/aromatic N) is 1. The summed E-state index contributed by atoms with van der Waals surface area (Å²) >= 11 is 0. The lowest BCUT2D eigenvalue weighted by atomic mass is 9.75. The van der Waals surface area contributed by atoms with Crippen LogP contribution in [0, 0.1) is 17.2 Å². The monoisotopic (exact) mass is 337 g/mol. The van der Waals surface area contributed by atoms with Gasteiger partial charge in [-0.05, 0) is 23.6 Å². The number of hydrogen-bond donors (Lipinski definition) is 2. The molecular formula is C19H19N3O3. The molecule has 1 aliphatic carbocycles. The number of anilines is 1. The summed E-state index contributed by atoms with van der Waals surface area (Å²) in [5, 5.41) is 12.2. The molecule has 6 nitrogen and oxygen atoms in total. The summed E-state index contributed by atoms with van der Waals surface area (Å²) in [6.07, 6.45) is 1.06. The normalized spacial score (nSPS) is 22.8. The zero-order valence-corrected chi connectivity index (χ0v) is 14.1. The molecule has 0 radical (unpaired) electrons. The second kappa shape index (κ2) is 6.44. The highest BCUT2D eigenvalue weighted by molar-refractivity contribution is 5.99. The molecule has 1 aliphatic heterocycles. The topological polar surface area (TPSA) is 105 Å². The van der Waals surface area contributed by atoms with Crippen molar-refractivity contribution in [2.45, 2.75) is 32.6 Å². The molecule has 1 heterocycles. The highest BCUT2D eigenvalue weighted by Crippen LogP contribution is 2.44. The van der Waals surface area contributed by atoms with Gasteiger partial charge in [-0.1, -0.05) is 19.1 Å². The highest BCUT2D eigenvalue weighted by atomic mass is 16.5. The van der Waals surface area contributed by atoms with E-state index in [4.69, 9.17) is 10.5 Å². The fraction of sp³-hybridized carbons (Fsp3) is 0.316. The van der Waals surface area contributed by atoms with Gasteiger partial charge >= 0.3 is 0 Å². The maximum absolute atomic E-state index is 12.6. The number of ether oxygens (including phenoxy) is 1. The molecule has 0 unspecified atom stereocenters. The maximum atomic E-state index is 12.6. The third kappa shape index (κ3) is 3.13. The van der Waals surface area contributed by atoms with Gasteiger partial charge in [-0.3, -0.25) is 9.59 Å². The summed E-state index contributed by atoms with van der Waals surface area (Å²) in [6, 6.07) is 9.16. The number of amides is 1. The van der Waals surface area contributed by atoms with Crippen molar-refractivity contribution in [3.8, 4) is 6.07 Å². The zero-order valence-electron chi connectivity index (χ0n) is 14.1. The molecule has 3 N–H and O–H groups in total. The van der Waals surface area contributed by atoms with Gasteiger partial charge in [0.05, 0.1) is 5.92 Å². The lowest BCUT2D eigenvalue weighted by Crippen LogP contribution is -2.29. The van der Waals surface area contributed by atoms with Crippen molar-refractivity contribution in [1.29, 1.82) is 5.26 Å². The van der Waals surface area contributed by atoms with Crippen molar-refractivity contribution in [2.24, 2.45) is 11.7 Å². The molecule has 2 atom stereocenters. The largest absolute Gasteiger partial charge is 0.444 e. The molecule has 0 spiro atoms. The number of hydrogen-bond acceptors (Lipinski definition) is 5. The molecule has 3 rings (SSSR count). The van der Waals surface area contributed by atoms with Gasteiger partial charge in [-0.2, -0.15) is 5.26 Å². The number of nitrogens with two attached hydrogens (primary N) is 1. The van der Waals surface area contributed by atoms with E-state index in [1.54, 1.807) is 24.3 Å².